The smallest absolute Gasteiger partial charge is 0.155 e. The van der Waals surface area contributed by atoms with Gasteiger partial charge in [0.15, 0.2) is 5.75 Å². The quantitative estimate of drug-likeness (QED) is 0.495. The Kier molecular flexibility index (Phi) is 4.77. The van der Waals surface area contributed by atoms with E-state index in [0.717, 1.165) is 45.9 Å². The average Bonchev–Trinajstić information content (AvgIpc) is 2.79. The largest absolute Gasteiger partial charge is 0.489 e. The monoisotopic (exact) mass is 402 g/mol. The highest BCUT2D eigenvalue weighted by atomic mass is 19.1. The standard InChI is InChI=1S/C23H19FN4O2/c24-16-3-1-15(2-4-16)13-30-18-7-5-17(6-8-18)28-23-21-19(26-14-27-23)9-10-20-22(21)29-12-11-25-20/h1-10,14,25H,11-13H2,(H,26,27,28). The van der Waals surface area contributed by atoms with Gasteiger partial charge in [0.25, 0.3) is 0 Å². The Balaban J connectivity index is 1.35. The number of nitrogens with one attached hydrogen (secondary N) is 2. The molecule has 0 bridgehead atoms. The summed E-state index contributed by atoms with van der Waals surface area (Å²) in [5.41, 5.74) is 3.53. The fraction of sp³-hybridized carbons (Fsp3) is 0.130. The number of nitrogens with zero attached hydrogens (tertiary/aromatic N) is 2. The number of hydrogen-bond acceptors (Lipinski definition) is 6. The van der Waals surface area contributed by atoms with Gasteiger partial charge < -0.3 is 20.1 Å². The summed E-state index contributed by atoms with van der Waals surface area (Å²) in [7, 11) is 0. The van der Waals surface area contributed by atoms with Crippen LogP contribution in [0.5, 0.6) is 11.5 Å². The van der Waals surface area contributed by atoms with Crippen molar-refractivity contribution in [3.63, 3.8) is 0 Å². The van der Waals surface area contributed by atoms with Crippen LogP contribution in [0.1, 0.15) is 5.56 Å². The van der Waals surface area contributed by atoms with Gasteiger partial charge in [0, 0.05) is 12.2 Å². The zero-order valence-electron chi connectivity index (χ0n) is 16.1. The molecule has 4 aromatic rings. The summed E-state index contributed by atoms with van der Waals surface area (Å²) in [5.74, 6) is 1.91. The molecule has 0 radical (unpaired) electrons. The number of ether oxygens (including phenoxy) is 2. The minimum Gasteiger partial charge on any atom is -0.489 e. The second kappa shape index (κ2) is 7.87. The fourth-order valence-electron chi connectivity index (χ4n) is 3.36. The molecule has 0 spiro atoms. The second-order valence-electron chi connectivity index (χ2n) is 6.90. The van der Waals surface area contributed by atoms with E-state index in [2.05, 4.69) is 20.6 Å². The third-order valence-corrected chi connectivity index (χ3v) is 4.86. The molecule has 0 fully saturated rings. The van der Waals surface area contributed by atoms with Gasteiger partial charge in [-0.15, -0.1) is 0 Å². The first-order valence-electron chi connectivity index (χ1n) is 9.65. The van der Waals surface area contributed by atoms with Gasteiger partial charge in [-0.1, -0.05) is 12.1 Å². The molecule has 7 heteroatoms. The van der Waals surface area contributed by atoms with Crippen molar-refractivity contribution in [3.8, 4) is 11.5 Å². The number of rotatable bonds is 5. The van der Waals surface area contributed by atoms with Crippen LogP contribution in [0.25, 0.3) is 10.9 Å². The van der Waals surface area contributed by atoms with E-state index in [-0.39, 0.29) is 5.82 Å². The van der Waals surface area contributed by atoms with Gasteiger partial charge >= 0.3 is 0 Å². The second-order valence-corrected chi connectivity index (χ2v) is 6.90. The van der Waals surface area contributed by atoms with Crippen molar-refractivity contribution in [2.24, 2.45) is 0 Å². The van der Waals surface area contributed by atoms with Gasteiger partial charge in [-0.25, -0.2) is 14.4 Å². The SMILES string of the molecule is Fc1ccc(COc2ccc(Nc3ncnc4ccc5c(c34)OCCN5)cc2)cc1. The van der Waals surface area contributed by atoms with Gasteiger partial charge in [0.1, 0.15) is 36.9 Å². The lowest BCUT2D eigenvalue weighted by Crippen LogP contribution is -2.18. The number of anilines is 3. The van der Waals surface area contributed by atoms with Crippen molar-refractivity contribution in [2.45, 2.75) is 6.61 Å². The van der Waals surface area contributed by atoms with Crippen LogP contribution >= 0.6 is 0 Å². The van der Waals surface area contributed by atoms with E-state index in [1.54, 1.807) is 12.1 Å². The topological polar surface area (TPSA) is 68.3 Å². The highest BCUT2D eigenvalue weighted by Crippen LogP contribution is 2.39. The zero-order valence-corrected chi connectivity index (χ0v) is 16.1. The lowest BCUT2D eigenvalue weighted by atomic mass is 10.1. The fourth-order valence-corrected chi connectivity index (χ4v) is 3.36. The van der Waals surface area contributed by atoms with Crippen LogP contribution in [-0.2, 0) is 6.61 Å². The molecule has 2 heterocycles. The van der Waals surface area contributed by atoms with E-state index in [9.17, 15) is 4.39 Å². The van der Waals surface area contributed by atoms with Crippen LogP contribution in [0.2, 0.25) is 0 Å². The van der Waals surface area contributed by atoms with Gasteiger partial charge in [0.2, 0.25) is 0 Å². The molecule has 1 aromatic heterocycles. The Hall–Kier alpha value is -3.87. The summed E-state index contributed by atoms with van der Waals surface area (Å²) < 4.78 is 24.7. The van der Waals surface area contributed by atoms with E-state index in [1.807, 2.05) is 36.4 Å². The summed E-state index contributed by atoms with van der Waals surface area (Å²) in [6.45, 7) is 1.75. The Morgan fingerprint density at radius 1 is 1.00 bits per heavy atom. The van der Waals surface area contributed by atoms with Gasteiger partial charge in [-0.2, -0.15) is 0 Å². The highest BCUT2D eigenvalue weighted by Gasteiger charge is 2.17. The van der Waals surface area contributed by atoms with Crippen LogP contribution in [0.4, 0.5) is 21.6 Å². The van der Waals surface area contributed by atoms with Crippen molar-refractivity contribution in [2.75, 3.05) is 23.8 Å². The predicted molar refractivity (Wildman–Crippen MR) is 114 cm³/mol. The van der Waals surface area contributed by atoms with Gasteiger partial charge in [-0.05, 0) is 54.1 Å². The molecular formula is C23H19FN4O2. The molecule has 1 aliphatic rings. The van der Waals surface area contributed by atoms with Crippen LogP contribution in [0.15, 0.2) is 67.0 Å². The molecule has 0 aliphatic carbocycles. The summed E-state index contributed by atoms with van der Waals surface area (Å²) in [6.07, 6.45) is 1.54. The van der Waals surface area contributed by atoms with Crippen molar-refractivity contribution in [3.05, 3.63) is 78.4 Å². The normalized spacial score (nSPS) is 12.6. The lowest BCUT2D eigenvalue weighted by molar-refractivity contribution is 0.306. The Morgan fingerprint density at radius 2 is 1.83 bits per heavy atom. The number of halogens is 1. The molecular weight excluding hydrogens is 383 g/mol. The summed E-state index contributed by atoms with van der Waals surface area (Å²) in [6, 6.07) is 17.8. The number of benzene rings is 3. The first-order valence-corrected chi connectivity index (χ1v) is 9.65. The van der Waals surface area contributed by atoms with Gasteiger partial charge in [-0.3, -0.25) is 0 Å². The summed E-state index contributed by atoms with van der Waals surface area (Å²) in [4.78, 5) is 8.79. The molecule has 0 amide bonds. The maximum Gasteiger partial charge on any atom is 0.155 e. The number of aromatic nitrogens is 2. The molecule has 150 valence electrons. The molecule has 0 saturated carbocycles. The van der Waals surface area contributed by atoms with E-state index >= 15 is 0 Å². The Bertz CT molecular complexity index is 1180. The van der Waals surface area contributed by atoms with E-state index < -0.39 is 0 Å². The first-order chi connectivity index (χ1) is 14.8. The molecule has 0 saturated heterocycles. The van der Waals surface area contributed by atoms with Crippen LogP contribution in [0.3, 0.4) is 0 Å². The average molecular weight is 402 g/mol. The van der Waals surface area contributed by atoms with Gasteiger partial charge in [0.05, 0.1) is 16.6 Å². The number of fused-ring (bicyclic) bond motifs is 3. The van der Waals surface area contributed by atoms with Crippen molar-refractivity contribution in [1.29, 1.82) is 0 Å². The summed E-state index contributed by atoms with van der Waals surface area (Å²) >= 11 is 0. The molecule has 6 nitrogen and oxygen atoms in total. The van der Waals surface area contributed by atoms with Crippen molar-refractivity contribution >= 4 is 28.1 Å². The molecule has 5 rings (SSSR count). The molecule has 3 aromatic carbocycles. The Labute approximate surface area is 172 Å². The minimum atomic E-state index is -0.256. The summed E-state index contributed by atoms with van der Waals surface area (Å²) in [5, 5.41) is 7.53. The van der Waals surface area contributed by atoms with Crippen molar-refractivity contribution in [1.82, 2.24) is 9.97 Å². The predicted octanol–water partition coefficient (Wildman–Crippen LogP) is 4.90. The first kappa shape index (κ1) is 18.2. The molecule has 2 N–H and O–H groups in total. The molecule has 0 unspecified atom stereocenters. The highest BCUT2D eigenvalue weighted by molar-refractivity contribution is 5.99. The Morgan fingerprint density at radius 3 is 2.67 bits per heavy atom. The van der Waals surface area contributed by atoms with E-state index in [0.29, 0.717) is 19.0 Å². The molecule has 1 aliphatic heterocycles. The van der Waals surface area contributed by atoms with Crippen LogP contribution in [-0.4, -0.2) is 23.1 Å². The van der Waals surface area contributed by atoms with Crippen molar-refractivity contribution < 1.29 is 13.9 Å². The maximum atomic E-state index is 13.0. The number of hydrogen-bond donors (Lipinski definition) is 2. The maximum absolute atomic E-state index is 13.0. The zero-order chi connectivity index (χ0) is 20.3. The third-order valence-electron chi connectivity index (χ3n) is 4.86. The molecule has 0 atom stereocenters. The third kappa shape index (κ3) is 3.69. The molecule has 30 heavy (non-hydrogen) atoms. The lowest BCUT2D eigenvalue weighted by Gasteiger charge is -2.21. The van der Waals surface area contributed by atoms with E-state index in [1.165, 1.54) is 18.5 Å². The van der Waals surface area contributed by atoms with Crippen LogP contribution in [0, 0.1) is 5.82 Å². The minimum absolute atomic E-state index is 0.256. The van der Waals surface area contributed by atoms with Crippen LogP contribution < -0.4 is 20.1 Å². The van der Waals surface area contributed by atoms with E-state index in [4.69, 9.17) is 9.47 Å².